The van der Waals surface area contributed by atoms with Crippen molar-refractivity contribution in [3.63, 3.8) is 0 Å². The second-order valence-corrected chi connectivity index (χ2v) is 6.86. The molecule has 4 aromatic rings. The van der Waals surface area contributed by atoms with Crippen molar-refractivity contribution < 1.29 is 14.5 Å². The Morgan fingerprint density at radius 3 is 2.71 bits per heavy atom. The van der Waals surface area contributed by atoms with Crippen molar-refractivity contribution in [2.45, 2.75) is 0 Å². The van der Waals surface area contributed by atoms with Crippen LogP contribution in [0.25, 0.3) is 10.9 Å². The number of nitrogens with zero attached hydrogens (tertiary/aromatic N) is 5. The standard InChI is InChI=1S/C19H12BrN7O4/c20-13-5-6-14(15-12(13)4-2-8-22-15)31-19-16(27(29)30)17(23-10-24-19)25-26-18(28)11-3-1-7-21-9-11/h1-10H,(H,26,28)(H,23,24,25). The lowest BCUT2D eigenvalue weighted by atomic mass is 10.2. The van der Waals surface area contributed by atoms with Crippen LogP contribution in [0.3, 0.4) is 0 Å². The first-order valence-electron chi connectivity index (χ1n) is 8.71. The van der Waals surface area contributed by atoms with Crippen molar-refractivity contribution in [2.24, 2.45) is 0 Å². The fraction of sp³-hybridized carbons (Fsp3) is 0. The molecule has 154 valence electrons. The van der Waals surface area contributed by atoms with Gasteiger partial charge in [-0.3, -0.25) is 35.7 Å². The van der Waals surface area contributed by atoms with Gasteiger partial charge in [-0.2, -0.15) is 4.98 Å². The molecule has 0 saturated heterocycles. The van der Waals surface area contributed by atoms with Crippen LogP contribution in [-0.4, -0.2) is 30.8 Å². The van der Waals surface area contributed by atoms with Gasteiger partial charge in [-0.05, 0) is 30.3 Å². The maximum Gasteiger partial charge on any atom is 0.374 e. The van der Waals surface area contributed by atoms with E-state index >= 15 is 0 Å². The van der Waals surface area contributed by atoms with Gasteiger partial charge in [-0.25, -0.2) is 4.98 Å². The van der Waals surface area contributed by atoms with Gasteiger partial charge >= 0.3 is 11.6 Å². The van der Waals surface area contributed by atoms with Crippen LogP contribution in [0.5, 0.6) is 11.6 Å². The number of carbonyl (C=O) groups is 1. The third-order valence-corrected chi connectivity index (χ3v) is 4.77. The largest absolute Gasteiger partial charge is 0.431 e. The SMILES string of the molecule is O=C(NNc1ncnc(Oc2ccc(Br)c3cccnc23)c1[N+](=O)[O-])c1cccnc1. The van der Waals surface area contributed by atoms with E-state index in [9.17, 15) is 14.9 Å². The van der Waals surface area contributed by atoms with Crippen LogP contribution in [0.15, 0.2) is 65.8 Å². The van der Waals surface area contributed by atoms with Crippen molar-refractivity contribution in [3.05, 3.63) is 81.5 Å². The minimum Gasteiger partial charge on any atom is -0.431 e. The number of rotatable bonds is 6. The Kier molecular flexibility index (Phi) is 5.62. The van der Waals surface area contributed by atoms with E-state index in [0.717, 1.165) is 16.2 Å². The van der Waals surface area contributed by atoms with Crippen LogP contribution in [-0.2, 0) is 0 Å². The van der Waals surface area contributed by atoms with Crippen LogP contribution in [0, 0.1) is 10.1 Å². The maximum atomic E-state index is 12.2. The van der Waals surface area contributed by atoms with Crippen molar-refractivity contribution in [1.29, 1.82) is 0 Å². The fourth-order valence-corrected chi connectivity index (χ4v) is 3.13. The summed E-state index contributed by atoms with van der Waals surface area (Å²) >= 11 is 3.44. The summed E-state index contributed by atoms with van der Waals surface area (Å²) in [6.45, 7) is 0. The third-order valence-electron chi connectivity index (χ3n) is 4.08. The number of amides is 1. The summed E-state index contributed by atoms with van der Waals surface area (Å²) in [5, 5.41) is 12.5. The highest BCUT2D eigenvalue weighted by molar-refractivity contribution is 9.10. The highest BCUT2D eigenvalue weighted by atomic mass is 79.9. The molecule has 1 aromatic carbocycles. The van der Waals surface area contributed by atoms with Gasteiger partial charge in [0.25, 0.3) is 5.91 Å². The first-order valence-corrected chi connectivity index (χ1v) is 9.50. The molecular weight excluding hydrogens is 470 g/mol. The molecule has 31 heavy (non-hydrogen) atoms. The number of ether oxygens (including phenoxy) is 1. The number of benzene rings is 1. The molecule has 0 fully saturated rings. The number of hydrazine groups is 1. The summed E-state index contributed by atoms with van der Waals surface area (Å²) in [7, 11) is 0. The molecule has 0 radical (unpaired) electrons. The quantitative estimate of drug-likeness (QED) is 0.311. The normalized spacial score (nSPS) is 10.5. The van der Waals surface area contributed by atoms with Crippen molar-refractivity contribution in [3.8, 4) is 11.6 Å². The molecule has 0 unspecified atom stereocenters. The minimum absolute atomic E-state index is 0.249. The van der Waals surface area contributed by atoms with E-state index in [4.69, 9.17) is 4.74 Å². The van der Waals surface area contributed by atoms with E-state index in [2.05, 4.69) is 46.7 Å². The Morgan fingerprint density at radius 2 is 1.94 bits per heavy atom. The van der Waals surface area contributed by atoms with Crippen LogP contribution in [0.4, 0.5) is 11.5 Å². The van der Waals surface area contributed by atoms with Crippen LogP contribution in [0.1, 0.15) is 10.4 Å². The minimum atomic E-state index is -0.706. The molecule has 0 saturated carbocycles. The van der Waals surface area contributed by atoms with Gasteiger partial charge < -0.3 is 4.74 Å². The molecule has 2 N–H and O–H groups in total. The van der Waals surface area contributed by atoms with Crippen molar-refractivity contribution >= 4 is 44.2 Å². The number of halogens is 1. The fourth-order valence-electron chi connectivity index (χ4n) is 2.68. The first kappa shape index (κ1) is 20.1. The van der Waals surface area contributed by atoms with Gasteiger partial charge in [0.1, 0.15) is 11.8 Å². The van der Waals surface area contributed by atoms with Crippen molar-refractivity contribution in [1.82, 2.24) is 25.4 Å². The first-order chi connectivity index (χ1) is 15.0. The van der Waals surface area contributed by atoms with E-state index in [0.29, 0.717) is 5.52 Å². The van der Waals surface area contributed by atoms with Gasteiger partial charge in [0, 0.05) is 28.4 Å². The molecule has 4 rings (SSSR count). The average Bonchev–Trinajstić information content (AvgIpc) is 2.80. The van der Waals surface area contributed by atoms with E-state index in [1.165, 1.54) is 12.4 Å². The van der Waals surface area contributed by atoms with Gasteiger partial charge in [0.15, 0.2) is 5.75 Å². The molecule has 12 heteroatoms. The number of anilines is 1. The molecule has 11 nitrogen and oxygen atoms in total. The highest BCUT2D eigenvalue weighted by Crippen LogP contribution is 2.37. The number of pyridine rings is 2. The number of nitro groups is 1. The topological polar surface area (TPSA) is 145 Å². The molecule has 3 aromatic heterocycles. The van der Waals surface area contributed by atoms with Crippen molar-refractivity contribution in [2.75, 3.05) is 5.43 Å². The zero-order valence-corrected chi connectivity index (χ0v) is 17.1. The molecular formula is C19H12BrN7O4. The summed E-state index contributed by atoms with van der Waals surface area (Å²) in [6.07, 6.45) is 5.53. The molecule has 0 aliphatic carbocycles. The molecule has 0 spiro atoms. The molecule has 3 heterocycles. The smallest absolute Gasteiger partial charge is 0.374 e. The zero-order valence-electron chi connectivity index (χ0n) is 15.5. The Balaban J connectivity index is 1.65. The zero-order chi connectivity index (χ0) is 21.8. The van der Waals surface area contributed by atoms with E-state index in [1.807, 2.05) is 6.07 Å². The number of nitrogens with one attached hydrogen (secondary N) is 2. The second kappa shape index (κ2) is 8.67. The average molecular weight is 482 g/mol. The Morgan fingerprint density at radius 1 is 1.10 bits per heavy atom. The Labute approximate surface area is 182 Å². The number of hydrogen-bond donors (Lipinski definition) is 2. The van der Waals surface area contributed by atoms with E-state index in [1.54, 1.807) is 36.5 Å². The third kappa shape index (κ3) is 4.23. The van der Waals surface area contributed by atoms with Gasteiger partial charge in [-0.1, -0.05) is 22.0 Å². The van der Waals surface area contributed by atoms with Gasteiger partial charge in [0.05, 0.1) is 10.5 Å². The number of carbonyl (C=O) groups excluding carboxylic acids is 1. The summed E-state index contributed by atoms with van der Waals surface area (Å²) in [5.41, 5.74) is 4.98. The van der Waals surface area contributed by atoms with E-state index in [-0.39, 0.29) is 23.0 Å². The lowest BCUT2D eigenvalue weighted by Gasteiger charge is -2.11. The van der Waals surface area contributed by atoms with Crippen LogP contribution >= 0.6 is 15.9 Å². The van der Waals surface area contributed by atoms with Crippen LogP contribution < -0.4 is 15.6 Å². The van der Waals surface area contributed by atoms with Gasteiger partial charge in [0.2, 0.25) is 5.82 Å². The monoisotopic (exact) mass is 481 g/mol. The predicted octanol–water partition coefficient (Wildman–Crippen LogP) is 3.64. The predicted molar refractivity (Wildman–Crippen MR) is 114 cm³/mol. The number of hydrogen-bond acceptors (Lipinski definition) is 9. The Bertz CT molecular complexity index is 1290. The summed E-state index contributed by atoms with van der Waals surface area (Å²) in [5.74, 6) is -0.841. The second-order valence-electron chi connectivity index (χ2n) is 6.00. The summed E-state index contributed by atoms with van der Waals surface area (Å²) < 4.78 is 6.52. The lowest BCUT2D eigenvalue weighted by molar-refractivity contribution is -0.385. The molecule has 1 amide bonds. The van der Waals surface area contributed by atoms with Crippen LogP contribution in [0.2, 0.25) is 0 Å². The molecule has 0 bridgehead atoms. The highest BCUT2D eigenvalue weighted by Gasteiger charge is 2.26. The van der Waals surface area contributed by atoms with Gasteiger partial charge in [-0.15, -0.1) is 0 Å². The molecule has 0 atom stereocenters. The van der Waals surface area contributed by atoms with E-state index < -0.39 is 16.5 Å². The number of aromatic nitrogens is 4. The molecule has 0 aliphatic heterocycles. The number of fused-ring (bicyclic) bond motifs is 1. The summed E-state index contributed by atoms with van der Waals surface area (Å²) in [6, 6.07) is 10.1. The lowest BCUT2D eigenvalue weighted by Crippen LogP contribution is -2.30. The Hall–Kier alpha value is -4.19. The molecule has 0 aliphatic rings. The summed E-state index contributed by atoms with van der Waals surface area (Å²) in [4.78, 5) is 39.1. The maximum absolute atomic E-state index is 12.2.